The topological polar surface area (TPSA) is 326 Å². The van der Waals surface area contributed by atoms with Crippen molar-refractivity contribution in [3.05, 3.63) is 0 Å². The number of carbonyl (C=O) groups excluding carboxylic acids is 10. The molecule has 90 heavy (non-hydrogen) atoms. The number of ether oxygens (including phenoxy) is 10. The predicted molar refractivity (Wildman–Crippen MR) is 330 cm³/mol. The Hall–Kier alpha value is -6.15. The molecule has 0 saturated heterocycles. The van der Waals surface area contributed by atoms with Crippen molar-refractivity contribution in [2.75, 3.05) is 217 Å². The molecule has 0 fully saturated rings. The second-order valence-electron chi connectivity index (χ2n) is 19.9. The third kappa shape index (κ3) is 41.3. The molecule has 0 spiro atoms. The van der Waals surface area contributed by atoms with Crippen molar-refractivity contribution in [2.24, 2.45) is 0 Å². The molecule has 1 N–H and O–H groups in total. The van der Waals surface area contributed by atoms with Gasteiger partial charge in [0.25, 0.3) is 0 Å². The maximum atomic E-state index is 12.5. The maximum absolute atomic E-state index is 12.5. The quantitative estimate of drug-likeness (QED) is 0.0646. The van der Waals surface area contributed by atoms with Gasteiger partial charge in [-0.25, -0.2) is 0 Å². The summed E-state index contributed by atoms with van der Waals surface area (Å²) in [7, 11) is 0. The zero-order valence-electron chi connectivity index (χ0n) is 56.3. The summed E-state index contributed by atoms with van der Waals surface area (Å²) in [5.41, 5.74) is -1.29. The zero-order chi connectivity index (χ0) is 68.3. The lowest BCUT2D eigenvalue weighted by Crippen LogP contribution is -2.57. The van der Waals surface area contributed by atoms with Crippen molar-refractivity contribution in [1.82, 2.24) is 39.2 Å². The van der Waals surface area contributed by atoms with Crippen molar-refractivity contribution in [1.29, 1.82) is 0 Å². The normalized spacial score (nSPS) is 11.4. The Morgan fingerprint density at radius 3 is 0.600 bits per heavy atom. The number of hydrogen-bond acceptors (Lipinski definition) is 29. The van der Waals surface area contributed by atoms with Crippen LogP contribution >= 0.6 is 0 Å². The fourth-order valence-electron chi connectivity index (χ4n) is 8.98. The van der Waals surface area contributed by atoms with E-state index in [1.165, 1.54) is 0 Å². The van der Waals surface area contributed by atoms with Gasteiger partial charge in [-0.15, -0.1) is 0 Å². The Morgan fingerprint density at radius 1 is 0.244 bits per heavy atom. The summed E-state index contributed by atoms with van der Waals surface area (Å²) in [6.07, 6.45) is 0.534. The second-order valence-corrected chi connectivity index (χ2v) is 19.9. The highest BCUT2D eigenvalue weighted by molar-refractivity contribution is 5.81. The SMILES string of the molecule is CCOC(=O)CN(CC)CCN(CCN(CCN(CC(=O)OCC)C(CC)(CC)C(=O)O)CC(=O)OCC)CC(=O)OCC.CCOC(=O)CN(CCN(CCN(CC(=O)OCC)CC(=O)OCC)CC(=O)OCC)CCN(CC(=O)OCC)CC(=O)OCC. The summed E-state index contributed by atoms with van der Waals surface area (Å²) in [6.45, 7) is 27.9. The molecule has 0 aliphatic carbocycles. The van der Waals surface area contributed by atoms with Crippen LogP contribution in [-0.2, 0) is 100 Å². The molecule has 0 aromatic rings. The minimum atomic E-state index is -1.29. The predicted octanol–water partition coefficient (Wildman–Crippen LogP) is 0.683. The molecule has 0 unspecified atom stereocenters. The maximum Gasteiger partial charge on any atom is 0.324 e. The average Bonchev–Trinajstić information content (AvgIpc) is 1.87. The van der Waals surface area contributed by atoms with Gasteiger partial charge in [-0.1, -0.05) is 20.8 Å². The van der Waals surface area contributed by atoms with Gasteiger partial charge in [-0.05, 0) is 88.6 Å². The lowest BCUT2D eigenvalue weighted by molar-refractivity contribution is -0.158. The fourth-order valence-corrected chi connectivity index (χ4v) is 8.98. The van der Waals surface area contributed by atoms with E-state index in [9.17, 15) is 57.8 Å². The van der Waals surface area contributed by atoms with Crippen LogP contribution in [-0.4, -0.2) is 332 Å². The molecule has 0 bridgehead atoms. The van der Waals surface area contributed by atoms with Crippen LogP contribution in [0.2, 0.25) is 0 Å². The number of esters is 10. The number of rotatable bonds is 53. The Balaban J connectivity index is 0. The lowest BCUT2D eigenvalue weighted by atomic mass is 9.90. The van der Waals surface area contributed by atoms with E-state index in [1.807, 2.05) is 21.6 Å². The molecule has 0 aliphatic rings. The number of hydrogen-bond donors (Lipinski definition) is 1. The van der Waals surface area contributed by atoms with Crippen molar-refractivity contribution >= 4 is 65.7 Å². The number of nitrogens with zero attached hydrogens (tertiary/aromatic N) is 8. The van der Waals surface area contributed by atoms with E-state index < -0.39 is 65.2 Å². The van der Waals surface area contributed by atoms with Crippen LogP contribution in [0.25, 0.3) is 0 Å². The molecule has 30 nitrogen and oxygen atoms in total. The summed E-state index contributed by atoms with van der Waals surface area (Å²) in [6, 6.07) is 0. The molecular weight excluding hydrogens is 1180 g/mol. The number of carbonyl (C=O) groups is 11. The standard InChI is InChI=1S/C30H54N4O12.C30H56N4O10/c1-7-41-25(35)19-31(15-17-33(21-27(37)43-9-3)22-28(38)44-10-4)13-14-32(20-26(36)42-8-2)16-18-34(23-29(39)45-11-5)24-30(40)46-12-6;1-8-30(9-2,29(39)40)34(24-28(38)44-14-7)20-19-33(23-27(37)43-13-6)18-17-32(22-26(36)42-12-5)16-15-31(10-3)21-25(35)41-11-4/h7-24H2,1-6H3;8-24H2,1-7H3,(H,39,40). The molecule has 0 amide bonds. The summed E-state index contributed by atoms with van der Waals surface area (Å²) in [4.78, 5) is 149. The van der Waals surface area contributed by atoms with Crippen LogP contribution in [0.4, 0.5) is 0 Å². The Kier molecular flexibility index (Phi) is 51.1. The van der Waals surface area contributed by atoms with Gasteiger partial charge in [0.1, 0.15) is 5.54 Å². The first-order valence-electron chi connectivity index (χ1n) is 31.6. The van der Waals surface area contributed by atoms with Crippen LogP contribution in [0.1, 0.15) is 103 Å². The highest BCUT2D eigenvalue weighted by Gasteiger charge is 2.42. The summed E-state index contributed by atoms with van der Waals surface area (Å²) >= 11 is 0. The van der Waals surface area contributed by atoms with E-state index in [1.54, 1.807) is 108 Å². The van der Waals surface area contributed by atoms with Gasteiger partial charge in [-0.2, -0.15) is 0 Å². The van der Waals surface area contributed by atoms with E-state index in [-0.39, 0.29) is 183 Å². The molecule has 0 rings (SSSR count). The third-order valence-corrected chi connectivity index (χ3v) is 13.5. The smallest absolute Gasteiger partial charge is 0.324 e. The van der Waals surface area contributed by atoms with Gasteiger partial charge in [0.05, 0.1) is 132 Å². The Bertz CT molecular complexity index is 1960. The summed E-state index contributed by atoms with van der Waals surface area (Å²) in [5, 5.41) is 10.2. The molecule has 30 heteroatoms. The van der Waals surface area contributed by atoms with Crippen LogP contribution in [0, 0.1) is 0 Å². The fraction of sp³-hybridized carbons (Fsp3) is 0.817. The van der Waals surface area contributed by atoms with E-state index in [0.29, 0.717) is 52.4 Å². The zero-order valence-corrected chi connectivity index (χ0v) is 56.3. The van der Waals surface area contributed by atoms with Gasteiger partial charge in [0.15, 0.2) is 0 Å². The van der Waals surface area contributed by atoms with Gasteiger partial charge < -0.3 is 52.5 Å². The molecule has 0 heterocycles. The number of aliphatic carboxylic acids is 1. The minimum Gasteiger partial charge on any atom is -0.480 e. The van der Waals surface area contributed by atoms with E-state index in [2.05, 4.69) is 0 Å². The molecular formula is C60H110N8O22. The highest BCUT2D eigenvalue weighted by atomic mass is 16.6. The van der Waals surface area contributed by atoms with Gasteiger partial charge in [0.2, 0.25) is 0 Å². The molecule has 0 aromatic heterocycles. The molecule has 0 saturated carbocycles. The number of carboxylic acids is 1. The van der Waals surface area contributed by atoms with Crippen LogP contribution in [0.5, 0.6) is 0 Å². The third-order valence-electron chi connectivity index (χ3n) is 13.5. The van der Waals surface area contributed by atoms with Crippen molar-refractivity contribution in [3.8, 4) is 0 Å². The molecule has 0 radical (unpaired) electrons. The van der Waals surface area contributed by atoms with Gasteiger partial charge in [0, 0.05) is 78.5 Å². The van der Waals surface area contributed by atoms with Crippen molar-refractivity contribution < 1.29 is 105 Å². The summed E-state index contributed by atoms with van der Waals surface area (Å²) < 4.78 is 51.0. The first-order chi connectivity index (χ1) is 43.0. The second kappa shape index (κ2) is 53.5. The first-order valence-corrected chi connectivity index (χ1v) is 31.6. The average molecular weight is 1300 g/mol. The number of carboxylic acid groups (broad SMARTS) is 1. The molecule has 0 aromatic carbocycles. The minimum absolute atomic E-state index is 0.0147. The van der Waals surface area contributed by atoms with E-state index >= 15 is 0 Å². The van der Waals surface area contributed by atoms with E-state index in [4.69, 9.17) is 47.4 Å². The largest absolute Gasteiger partial charge is 0.480 e. The molecule has 522 valence electrons. The van der Waals surface area contributed by atoms with Crippen LogP contribution < -0.4 is 0 Å². The van der Waals surface area contributed by atoms with Crippen LogP contribution in [0.3, 0.4) is 0 Å². The molecule has 0 atom stereocenters. The Morgan fingerprint density at radius 2 is 0.411 bits per heavy atom. The number of likely N-dealkylation sites (N-methyl/N-ethyl adjacent to an activating group) is 1. The Labute approximate surface area is 533 Å². The van der Waals surface area contributed by atoms with Crippen molar-refractivity contribution in [3.63, 3.8) is 0 Å². The summed E-state index contributed by atoms with van der Waals surface area (Å²) in [5.74, 6) is -5.64. The monoisotopic (exact) mass is 1290 g/mol. The van der Waals surface area contributed by atoms with Crippen molar-refractivity contribution in [2.45, 2.75) is 108 Å². The van der Waals surface area contributed by atoms with Crippen LogP contribution in [0.15, 0.2) is 0 Å². The first kappa shape index (κ1) is 85.9. The van der Waals surface area contributed by atoms with E-state index in [0.717, 1.165) is 0 Å². The van der Waals surface area contributed by atoms with Gasteiger partial charge in [-0.3, -0.25) is 91.9 Å². The lowest BCUT2D eigenvalue weighted by Gasteiger charge is -2.40. The van der Waals surface area contributed by atoms with Gasteiger partial charge >= 0.3 is 65.7 Å². The highest BCUT2D eigenvalue weighted by Crippen LogP contribution is 2.25. The molecule has 0 aliphatic heterocycles.